The molecule has 0 aliphatic carbocycles. The zero-order valence-corrected chi connectivity index (χ0v) is 11.8. The largest absolute Gasteiger partial charge is 0.381 e. The van der Waals surface area contributed by atoms with Crippen molar-refractivity contribution in [3.8, 4) is 6.07 Å². The normalized spacial score (nSPS) is 19.9. The highest BCUT2D eigenvalue weighted by Gasteiger charge is 2.19. The Balaban J connectivity index is 1.93. The summed E-state index contributed by atoms with van der Waals surface area (Å²) in [4.78, 5) is 2.36. The fourth-order valence-corrected chi connectivity index (χ4v) is 2.33. The van der Waals surface area contributed by atoms with Gasteiger partial charge in [-0.15, -0.1) is 0 Å². The van der Waals surface area contributed by atoms with Crippen molar-refractivity contribution >= 4 is 17.3 Å². The van der Waals surface area contributed by atoms with Gasteiger partial charge in [-0.1, -0.05) is 18.5 Å². The highest BCUT2D eigenvalue weighted by Crippen LogP contribution is 2.23. The number of morpholine rings is 1. The number of nitrogens with zero attached hydrogens (tertiary/aromatic N) is 2. The number of hydrogen-bond donors (Lipinski definition) is 1. The molecular formula is C14H18ClN3O. The minimum absolute atomic E-state index is 0.163. The number of benzene rings is 1. The second kappa shape index (κ2) is 6.76. The molecule has 0 amide bonds. The summed E-state index contributed by atoms with van der Waals surface area (Å²) in [5.41, 5.74) is 1.39. The van der Waals surface area contributed by atoms with Gasteiger partial charge in [-0.05, 0) is 24.7 Å². The van der Waals surface area contributed by atoms with Gasteiger partial charge in [0.05, 0.1) is 35.1 Å². The number of nitrogens with one attached hydrogen (secondary N) is 1. The molecule has 0 aromatic heterocycles. The summed E-state index contributed by atoms with van der Waals surface area (Å²) in [6.45, 7) is 6.60. The molecule has 1 unspecified atom stereocenters. The molecule has 1 aromatic rings. The molecule has 5 heteroatoms. The summed E-state index contributed by atoms with van der Waals surface area (Å²) < 4.78 is 5.72. The predicted octanol–water partition coefficient (Wildman–Crippen LogP) is 2.34. The van der Waals surface area contributed by atoms with E-state index in [4.69, 9.17) is 21.6 Å². The number of rotatable bonds is 4. The topological polar surface area (TPSA) is 48.3 Å². The van der Waals surface area contributed by atoms with E-state index in [1.165, 1.54) is 0 Å². The minimum Gasteiger partial charge on any atom is -0.381 e. The van der Waals surface area contributed by atoms with Crippen molar-refractivity contribution in [2.75, 3.05) is 38.1 Å². The molecule has 0 bridgehead atoms. The van der Waals surface area contributed by atoms with Gasteiger partial charge in [0.2, 0.25) is 0 Å². The van der Waals surface area contributed by atoms with Crippen LogP contribution >= 0.6 is 11.6 Å². The molecule has 1 fully saturated rings. The van der Waals surface area contributed by atoms with Crippen LogP contribution in [0.5, 0.6) is 0 Å². The summed E-state index contributed by atoms with van der Waals surface area (Å²) in [7, 11) is 0. The van der Waals surface area contributed by atoms with E-state index in [0.29, 0.717) is 17.1 Å². The van der Waals surface area contributed by atoms with E-state index in [-0.39, 0.29) is 6.10 Å². The molecule has 102 valence electrons. The first-order valence-corrected chi connectivity index (χ1v) is 6.88. The Hall–Kier alpha value is -1.28. The Morgan fingerprint density at radius 1 is 1.58 bits per heavy atom. The fourth-order valence-electron chi connectivity index (χ4n) is 2.15. The van der Waals surface area contributed by atoms with E-state index in [9.17, 15) is 0 Å². The molecule has 2 rings (SSSR count). The van der Waals surface area contributed by atoms with Gasteiger partial charge < -0.3 is 10.1 Å². The molecule has 0 radical (unpaired) electrons. The Morgan fingerprint density at radius 3 is 3.16 bits per heavy atom. The average molecular weight is 280 g/mol. The third kappa shape index (κ3) is 3.84. The van der Waals surface area contributed by atoms with Gasteiger partial charge in [0.1, 0.15) is 0 Å². The van der Waals surface area contributed by atoms with E-state index in [1.807, 2.05) is 0 Å². The standard InChI is InChI=1S/C14H18ClN3O/c1-2-18-5-6-19-12(10-18)9-17-14-7-11(8-16)3-4-13(14)15/h3-4,7,12,17H,2,5-6,9-10H2,1H3. The SMILES string of the molecule is CCN1CCOC(CNc2cc(C#N)ccc2Cl)C1. The Morgan fingerprint density at radius 2 is 2.42 bits per heavy atom. The van der Waals surface area contributed by atoms with Crippen molar-refractivity contribution < 1.29 is 4.74 Å². The Labute approximate surface area is 118 Å². The second-order valence-electron chi connectivity index (χ2n) is 4.57. The molecule has 0 saturated carbocycles. The van der Waals surface area contributed by atoms with E-state index >= 15 is 0 Å². The van der Waals surface area contributed by atoms with Crippen LogP contribution in [-0.2, 0) is 4.74 Å². The molecule has 1 N–H and O–H groups in total. The molecule has 1 atom stereocenters. The highest BCUT2D eigenvalue weighted by atomic mass is 35.5. The molecule has 1 aliphatic heterocycles. The molecule has 1 saturated heterocycles. The first kappa shape index (κ1) is 14.1. The quantitative estimate of drug-likeness (QED) is 0.919. The number of anilines is 1. The van der Waals surface area contributed by atoms with E-state index in [0.717, 1.165) is 31.9 Å². The Kier molecular flexibility index (Phi) is 5.03. The van der Waals surface area contributed by atoms with Gasteiger partial charge in [0.25, 0.3) is 0 Å². The van der Waals surface area contributed by atoms with Crippen molar-refractivity contribution in [3.05, 3.63) is 28.8 Å². The van der Waals surface area contributed by atoms with Crippen LogP contribution in [0.4, 0.5) is 5.69 Å². The van der Waals surface area contributed by atoms with Crippen LogP contribution in [0.2, 0.25) is 5.02 Å². The lowest BCUT2D eigenvalue weighted by atomic mass is 10.2. The van der Waals surface area contributed by atoms with E-state index in [2.05, 4.69) is 23.2 Å². The molecule has 0 spiro atoms. The summed E-state index contributed by atoms with van der Waals surface area (Å²) in [5.74, 6) is 0. The maximum Gasteiger partial charge on any atom is 0.0992 e. The zero-order valence-electron chi connectivity index (χ0n) is 11.0. The summed E-state index contributed by atoms with van der Waals surface area (Å²) in [6.07, 6.45) is 0.163. The van der Waals surface area contributed by atoms with Crippen molar-refractivity contribution in [2.45, 2.75) is 13.0 Å². The maximum atomic E-state index is 8.88. The van der Waals surface area contributed by atoms with Gasteiger partial charge in [0.15, 0.2) is 0 Å². The van der Waals surface area contributed by atoms with Gasteiger partial charge in [-0.3, -0.25) is 4.90 Å². The summed E-state index contributed by atoms with van der Waals surface area (Å²) in [6, 6.07) is 7.33. The molecule has 4 nitrogen and oxygen atoms in total. The minimum atomic E-state index is 0.163. The lowest BCUT2D eigenvalue weighted by Crippen LogP contribution is -2.45. The van der Waals surface area contributed by atoms with Crippen molar-refractivity contribution in [3.63, 3.8) is 0 Å². The van der Waals surface area contributed by atoms with Crippen molar-refractivity contribution in [1.82, 2.24) is 4.90 Å². The number of likely N-dealkylation sites (N-methyl/N-ethyl adjacent to an activating group) is 1. The van der Waals surface area contributed by atoms with Gasteiger partial charge in [-0.25, -0.2) is 0 Å². The van der Waals surface area contributed by atoms with E-state index in [1.54, 1.807) is 18.2 Å². The Bertz CT molecular complexity index is 472. The highest BCUT2D eigenvalue weighted by molar-refractivity contribution is 6.33. The van der Waals surface area contributed by atoms with Crippen LogP contribution in [0.1, 0.15) is 12.5 Å². The first-order chi connectivity index (χ1) is 9.22. The van der Waals surface area contributed by atoms with Gasteiger partial charge in [0, 0.05) is 19.6 Å². The monoisotopic (exact) mass is 279 g/mol. The zero-order chi connectivity index (χ0) is 13.7. The maximum absolute atomic E-state index is 8.88. The van der Waals surface area contributed by atoms with Crippen LogP contribution in [-0.4, -0.2) is 43.8 Å². The molecule has 19 heavy (non-hydrogen) atoms. The summed E-state index contributed by atoms with van der Waals surface area (Å²) >= 11 is 6.10. The number of hydrogen-bond acceptors (Lipinski definition) is 4. The van der Waals surface area contributed by atoms with Crippen molar-refractivity contribution in [1.29, 1.82) is 5.26 Å². The third-order valence-electron chi connectivity index (χ3n) is 3.29. The summed E-state index contributed by atoms with van der Waals surface area (Å²) in [5, 5.41) is 12.8. The van der Waals surface area contributed by atoms with Crippen LogP contribution in [0, 0.1) is 11.3 Å². The van der Waals surface area contributed by atoms with Crippen LogP contribution in [0.15, 0.2) is 18.2 Å². The van der Waals surface area contributed by atoms with E-state index < -0.39 is 0 Å². The molecule has 1 aliphatic rings. The number of ether oxygens (including phenoxy) is 1. The third-order valence-corrected chi connectivity index (χ3v) is 3.62. The second-order valence-corrected chi connectivity index (χ2v) is 4.98. The first-order valence-electron chi connectivity index (χ1n) is 6.50. The predicted molar refractivity (Wildman–Crippen MR) is 76.5 cm³/mol. The van der Waals surface area contributed by atoms with Crippen LogP contribution < -0.4 is 5.32 Å². The number of nitriles is 1. The van der Waals surface area contributed by atoms with Crippen LogP contribution in [0.25, 0.3) is 0 Å². The average Bonchev–Trinajstić information content (AvgIpc) is 2.46. The smallest absolute Gasteiger partial charge is 0.0992 e. The lowest BCUT2D eigenvalue weighted by Gasteiger charge is -2.32. The van der Waals surface area contributed by atoms with Crippen LogP contribution in [0.3, 0.4) is 0 Å². The lowest BCUT2D eigenvalue weighted by molar-refractivity contribution is -0.0191. The molecular weight excluding hydrogens is 262 g/mol. The molecule has 1 heterocycles. The fraction of sp³-hybridized carbons (Fsp3) is 0.500. The number of halogens is 1. The van der Waals surface area contributed by atoms with Crippen molar-refractivity contribution in [2.24, 2.45) is 0 Å². The van der Waals surface area contributed by atoms with Gasteiger partial charge >= 0.3 is 0 Å². The molecule has 1 aromatic carbocycles. The van der Waals surface area contributed by atoms with Gasteiger partial charge in [-0.2, -0.15) is 5.26 Å².